The molecule has 142 valence electrons. The van der Waals surface area contributed by atoms with Crippen LogP contribution in [0.15, 0.2) is 51.5 Å². The maximum absolute atomic E-state index is 5.47. The first-order chi connectivity index (χ1) is 13.5. The Kier molecular flexibility index (Phi) is 4.17. The first-order valence-corrected chi connectivity index (χ1v) is 11.0. The molecule has 0 unspecified atom stereocenters. The van der Waals surface area contributed by atoms with Crippen LogP contribution in [0.1, 0.15) is 42.8 Å². The Bertz CT molecular complexity index is 1140. The zero-order valence-corrected chi connectivity index (χ0v) is 17.6. The highest BCUT2D eigenvalue weighted by molar-refractivity contribution is 8.00. The van der Waals surface area contributed by atoms with Crippen molar-refractivity contribution >= 4 is 23.1 Å². The third kappa shape index (κ3) is 3.08. The molecule has 1 aromatic carbocycles. The van der Waals surface area contributed by atoms with E-state index in [1.54, 1.807) is 0 Å². The van der Waals surface area contributed by atoms with Gasteiger partial charge >= 0.3 is 0 Å². The zero-order valence-electron chi connectivity index (χ0n) is 16.0. The maximum Gasteiger partial charge on any atom is 0.232 e. The second kappa shape index (κ2) is 6.60. The van der Waals surface area contributed by atoms with E-state index in [0.717, 1.165) is 23.6 Å². The molecule has 4 aromatic rings. The zero-order chi connectivity index (χ0) is 19.3. The summed E-state index contributed by atoms with van der Waals surface area (Å²) in [6.07, 6.45) is 2.84. The second-order valence-electron chi connectivity index (χ2n) is 7.92. The first-order valence-electron chi connectivity index (χ1n) is 9.19. The lowest BCUT2D eigenvalue weighted by atomic mass is 9.97. The molecule has 0 aliphatic carbocycles. The standard InChI is InChI=1S/C21H20N4OS2/c1-21(2,3)20-23-18(24-26-20)17-16-11-27-19-15(25(16)12-22-17)10-14(28-19)9-13-7-5-4-6-8-13/h4-8,10,12H,9,11H2,1-3H3. The van der Waals surface area contributed by atoms with E-state index in [1.807, 2.05) is 29.4 Å². The molecule has 5 nitrogen and oxygen atoms in total. The van der Waals surface area contributed by atoms with E-state index < -0.39 is 0 Å². The Morgan fingerprint density at radius 3 is 2.75 bits per heavy atom. The largest absolute Gasteiger partial charge is 0.338 e. The summed E-state index contributed by atoms with van der Waals surface area (Å²) in [4.78, 5) is 10.6. The predicted molar refractivity (Wildman–Crippen MR) is 112 cm³/mol. The van der Waals surface area contributed by atoms with E-state index in [0.29, 0.717) is 11.7 Å². The molecule has 1 aliphatic heterocycles. The number of fused-ring (bicyclic) bond motifs is 3. The lowest BCUT2D eigenvalue weighted by Gasteiger charge is -2.14. The van der Waals surface area contributed by atoms with Gasteiger partial charge in [-0.15, -0.1) is 23.1 Å². The average Bonchev–Trinajstić information content (AvgIpc) is 3.38. The molecule has 0 atom stereocenters. The molecule has 7 heteroatoms. The number of hydrogen-bond donors (Lipinski definition) is 0. The normalized spacial score (nSPS) is 13.4. The van der Waals surface area contributed by atoms with Crippen LogP contribution in [-0.2, 0) is 17.6 Å². The molecule has 5 rings (SSSR count). The summed E-state index contributed by atoms with van der Waals surface area (Å²) in [5.74, 6) is 2.06. The molecular formula is C21H20N4OS2. The van der Waals surface area contributed by atoms with Crippen LogP contribution in [0.2, 0.25) is 0 Å². The Morgan fingerprint density at radius 1 is 1.18 bits per heavy atom. The molecule has 3 aromatic heterocycles. The van der Waals surface area contributed by atoms with Crippen molar-refractivity contribution in [2.24, 2.45) is 0 Å². The van der Waals surface area contributed by atoms with Crippen molar-refractivity contribution in [2.75, 3.05) is 0 Å². The highest BCUT2D eigenvalue weighted by atomic mass is 32.2. The molecule has 0 N–H and O–H groups in total. The number of hydrogen-bond acceptors (Lipinski definition) is 6. The minimum absolute atomic E-state index is 0.174. The number of imidazole rings is 1. The number of thiophene rings is 1. The van der Waals surface area contributed by atoms with Crippen LogP contribution in [0.5, 0.6) is 0 Å². The van der Waals surface area contributed by atoms with E-state index in [9.17, 15) is 0 Å². The van der Waals surface area contributed by atoms with E-state index in [4.69, 9.17) is 4.52 Å². The predicted octanol–water partition coefficient (Wildman–Crippen LogP) is 5.48. The summed E-state index contributed by atoms with van der Waals surface area (Å²) < 4.78 is 8.99. The van der Waals surface area contributed by atoms with Gasteiger partial charge in [-0.3, -0.25) is 4.57 Å². The minimum Gasteiger partial charge on any atom is -0.338 e. The van der Waals surface area contributed by atoms with Crippen molar-refractivity contribution in [3.8, 4) is 17.2 Å². The van der Waals surface area contributed by atoms with Gasteiger partial charge < -0.3 is 4.52 Å². The fourth-order valence-corrected chi connectivity index (χ4v) is 5.72. The van der Waals surface area contributed by atoms with Crippen LogP contribution in [-0.4, -0.2) is 19.7 Å². The van der Waals surface area contributed by atoms with Crippen molar-refractivity contribution in [3.63, 3.8) is 0 Å². The summed E-state index contributed by atoms with van der Waals surface area (Å²) >= 11 is 3.73. The fourth-order valence-electron chi connectivity index (χ4n) is 3.23. The Hall–Kier alpha value is -2.38. The highest BCUT2D eigenvalue weighted by Crippen LogP contribution is 2.43. The Morgan fingerprint density at radius 2 is 2.00 bits per heavy atom. The lowest BCUT2D eigenvalue weighted by molar-refractivity contribution is 0.321. The smallest absolute Gasteiger partial charge is 0.232 e. The minimum atomic E-state index is -0.174. The summed E-state index contributed by atoms with van der Waals surface area (Å²) in [6, 6.07) is 12.9. The van der Waals surface area contributed by atoms with Gasteiger partial charge in [-0.2, -0.15) is 4.98 Å². The molecule has 0 saturated heterocycles. The number of aromatic nitrogens is 4. The Labute approximate surface area is 171 Å². The molecule has 0 saturated carbocycles. The van der Waals surface area contributed by atoms with Crippen molar-refractivity contribution < 1.29 is 4.52 Å². The summed E-state index contributed by atoms with van der Waals surface area (Å²) in [5.41, 5.74) is 4.31. The number of nitrogens with zero attached hydrogens (tertiary/aromatic N) is 4. The van der Waals surface area contributed by atoms with Gasteiger partial charge in [-0.05, 0) is 11.6 Å². The number of benzene rings is 1. The number of thioether (sulfide) groups is 1. The molecule has 0 amide bonds. The molecule has 28 heavy (non-hydrogen) atoms. The molecular weight excluding hydrogens is 388 g/mol. The molecule has 0 spiro atoms. The summed E-state index contributed by atoms with van der Waals surface area (Å²) in [7, 11) is 0. The molecule has 0 radical (unpaired) electrons. The lowest BCUT2D eigenvalue weighted by Crippen LogP contribution is -2.11. The van der Waals surface area contributed by atoms with Gasteiger partial charge in [0.2, 0.25) is 11.7 Å². The van der Waals surface area contributed by atoms with Crippen LogP contribution in [0.25, 0.3) is 17.2 Å². The van der Waals surface area contributed by atoms with Gasteiger partial charge in [0, 0.05) is 22.5 Å². The molecule has 1 aliphatic rings. The van der Waals surface area contributed by atoms with E-state index >= 15 is 0 Å². The molecule has 0 fully saturated rings. The van der Waals surface area contributed by atoms with Gasteiger partial charge in [0.05, 0.1) is 15.6 Å². The van der Waals surface area contributed by atoms with Crippen molar-refractivity contribution in [3.05, 3.63) is 64.8 Å². The van der Waals surface area contributed by atoms with Gasteiger partial charge in [0.1, 0.15) is 12.0 Å². The monoisotopic (exact) mass is 408 g/mol. The Balaban J connectivity index is 1.49. The van der Waals surface area contributed by atoms with Gasteiger partial charge in [-0.25, -0.2) is 4.98 Å². The highest BCUT2D eigenvalue weighted by Gasteiger charge is 2.28. The third-order valence-electron chi connectivity index (χ3n) is 4.70. The second-order valence-corrected chi connectivity index (χ2v) is 10.3. The molecule has 4 heterocycles. The van der Waals surface area contributed by atoms with Crippen molar-refractivity contribution in [1.82, 2.24) is 19.7 Å². The van der Waals surface area contributed by atoms with Gasteiger partial charge in [-0.1, -0.05) is 56.3 Å². The average molecular weight is 409 g/mol. The molecule has 0 bridgehead atoms. The first kappa shape index (κ1) is 17.7. The van der Waals surface area contributed by atoms with Gasteiger partial charge in [0.15, 0.2) is 0 Å². The van der Waals surface area contributed by atoms with Crippen LogP contribution in [0.4, 0.5) is 0 Å². The topological polar surface area (TPSA) is 56.7 Å². The maximum atomic E-state index is 5.47. The van der Waals surface area contributed by atoms with Crippen molar-refractivity contribution in [1.29, 1.82) is 0 Å². The summed E-state index contributed by atoms with van der Waals surface area (Å²) in [5, 5.41) is 4.18. The van der Waals surface area contributed by atoms with E-state index in [1.165, 1.54) is 20.3 Å². The summed E-state index contributed by atoms with van der Waals surface area (Å²) in [6.45, 7) is 6.19. The number of rotatable bonds is 3. The van der Waals surface area contributed by atoms with Crippen molar-refractivity contribution in [2.45, 2.75) is 42.6 Å². The van der Waals surface area contributed by atoms with Crippen LogP contribution < -0.4 is 0 Å². The fraction of sp³-hybridized carbons (Fsp3) is 0.286. The van der Waals surface area contributed by atoms with Gasteiger partial charge in [0.25, 0.3) is 0 Å². The van der Waals surface area contributed by atoms with E-state index in [2.05, 4.69) is 76.9 Å². The van der Waals surface area contributed by atoms with Crippen LogP contribution in [0.3, 0.4) is 0 Å². The van der Waals surface area contributed by atoms with Crippen LogP contribution >= 0.6 is 23.1 Å². The third-order valence-corrected chi connectivity index (χ3v) is 7.11. The van der Waals surface area contributed by atoms with Crippen LogP contribution in [0, 0.1) is 0 Å². The van der Waals surface area contributed by atoms with E-state index in [-0.39, 0.29) is 5.41 Å². The quantitative estimate of drug-likeness (QED) is 0.449. The SMILES string of the molecule is CC(C)(C)c1nc(-c2ncn3c2CSc2sc(Cc4ccccc4)cc2-3)no1.